The molecule has 5 nitrogen and oxygen atoms in total. The molecule has 1 aromatic rings. The Hall–Kier alpha value is -2.31. The van der Waals surface area contributed by atoms with Crippen LogP contribution in [0.4, 0.5) is 14.5 Å². The summed E-state index contributed by atoms with van der Waals surface area (Å²) in [7, 11) is 0. The van der Waals surface area contributed by atoms with E-state index in [2.05, 4.69) is 0 Å². The van der Waals surface area contributed by atoms with E-state index in [-0.39, 0.29) is 10.5 Å². The zero-order valence-electron chi connectivity index (χ0n) is 9.11. The van der Waals surface area contributed by atoms with Crippen LogP contribution in [0, 0.1) is 12.7 Å². The zero-order valence-corrected chi connectivity index (χ0v) is 9.11. The topological polar surface area (TPSA) is 74.7 Å². The van der Waals surface area contributed by atoms with E-state index in [1.54, 1.807) is 0 Å². The van der Waals surface area contributed by atoms with Crippen molar-refractivity contribution in [3.05, 3.63) is 29.1 Å². The van der Waals surface area contributed by atoms with Crippen LogP contribution in [0.15, 0.2) is 12.1 Å². The molecule has 1 aliphatic rings. The fourth-order valence-corrected chi connectivity index (χ4v) is 1.81. The Bertz CT molecular complexity index is 585. The van der Waals surface area contributed by atoms with Crippen LogP contribution in [-0.4, -0.2) is 29.1 Å². The lowest BCUT2D eigenvalue weighted by molar-refractivity contribution is -0.144. The van der Waals surface area contributed by atoms with E-state index in [0.29, 0.717) is 5.56 Å². The molecule has 2 rings (SSSR count). The average molecular weight is 255 g/mol. The molecular formula is C11H7F2NO4. The van der Waals surface area contributed by atoms with E-state index in [1.165, 1.54) is 13.0 Å². The van der Waals surface area contributed by atoms with Gasteiger partial charge in [0.1, 0.15) is 5.82 Å². The maximum Gasteiger partial charge on any atom is 0.360 e. The number of carbonyl (C=O) groups is 3. The predicted octanol–water partition coefficient (Wildman–Crippen LogP) is 1.04. The maximum atomic E-state index is 13.7. The summed E-state index contributed by atoms with van der Waals surface area (Å²) in [5, 5.41) is 8.51. The number of nitrogens with zero attached hydrogens (tertiary/aromatic N) is 1. The monoisotopic (exact) mass is 255 g/mol. The van der Waals surface area contributed by atoms with E-state index in [0.717, 1.165) is 6.07 Å². The van der Waals surface area contributed by atoms with Crippen molar-refractivity contribution in [2.75, 3.05) is 4.90 Å². The number of benzene rings is 1. The van der Waals surface area contributed by atoms with Crippen LogP contribution in [0.25, 0.3) is 0 Å². The number of hydrogen-bond donors (Lipinski definition) is 1. The highest BCUT2D eigenvalue weighted by Gasteiger charge is 2.44. The highest BCUT2D eigenvalue weighted by Crippen LogP contribution is 2.34. The van der Waals surface area contributed by atoms with Crippen molar-refractivity contribution in [2.24, 2.45) is 0 Å². The van der Waals surface area contributed by atoms with Crippen molar-refractivity contribution >= 4 is 23.3 Å². The first kappa shape index (κ1) is 12.2. The van der Waals surface area contributed by atoms with Gasteiger partial charge in [-0.3, -0.25) is 14.5 Å². The molecule has 0 radical (unpaired) electrons. The normalized spacial score (nSPS) is 15.8. The molecule has 0 spiro atoms. The number of anilines is 1. The van der Waals surface area contributed by atoms with Gasteiger partial charge in [-0.15, -0.1) is 0 Å². The molecule has 1 aromatic carbocycles. The molecule has 1 amide bonds. The third kappa shape index (κ3) is 1.55. The molecule has 1 heterocycles. The number of halogens is 2. The van der Waals surface area contributed by atoms with Crippen LogP contribution in [0.1, 0.15) is 15.9 Å². The number of carbonyl (C=O) groups excluding carboxylic acids is 2. The Morgan fingerprint density at radius 1 is 1.39 bits per heavy atom. The van der Waals surface area contributed by atoms with Gasteiger partial charge in [0, 0.05) is 0 Å². The first-order chi connectivity index (χ1) is 8.34. The molecule has 1 N–H and O–H groups in total. The second kappa shape index (κ2) is 3.86. The molecule has 0 aromatic heterocycles. The number of hydrogen-bond acceptors (Lipinski definition) is 3. The fraction of sp³-hybridized carbons (Fsp3) is 0.182. The van der Waals surface area contributed by atoms with E-state index in [1.807, 2.05) is 0 Å². The smallest absolute Gasteiger partial charge is 0.360 e. The van der Waals surface area contributed by atoms with Crippen molar-refractivity contribution in [3.63, 3.8) is 0 Å². The molecular weight excluding hydrogens is 248 g/mol. The quantitative estimate of drug-likeness (QED) is 0.633. The van der Waals surface area contributed by atoms with Gasteiger partial charge < -0.3 is 5.11 Å². The lowest BCUT2D eigenvalue weighted by Crippen LogP contribution is -2.42. The highest BCUT2D eigenvalue weighted by molar-refractivity contribution is 6.52. The van der Waals surface area contributed by atoms with E-state index in [9.17, 15) is 23.2 Å². The summed E-state index contributed by atoms with van der Waals surface area (Å²) in [6.45, 7) is 1.49. The van der Waals surface area contributed by atoms with Gasteiger partial charge in [0.05, 0.1) is 11.3 Å². The summed E-state index contributed by atoms with van der Waals surface area (Å²) >= 11 is 0. The van der Waals surface area contributed by atoms with Gasteiger partial charge in [-0.25, -0.2) is 13.6 Å². The van der Waals surface area contributed by atoms with Gasteiger partial charge >= 0.3 is 11.9 Å². The van der Waals surface area contributed by atoms with Gasteiger partial charge in [0.15, 0.2) is 0 Å². The molecule has 1 atom stereocenters. The number of Topliss-reactive ketones (excluding diaryl/α,β-unsaturated/α-hetero) is 1. The lowest BCUT2D eigenvalue weighted by Gasteiger charge is -2.18. The summed E-state index contributed by atoms with van der Waals surface area (Å²) < 4.78 is 27.1. The van der Waals surface area contributed by atoms with E-state index >= 15 is 0 Å². The zero-order chi connectivity index (χ0) is 13.6. The number of aryl methyl sites for hydroxylation is 1. The Morgan fingerprint density at radius 3 is 2.56 bits per heavy atom. The predicted molar refractivity (Wildman–Crippen MR) is 55.5 cm³/mol. The Labute approximate surface area is 99.6 Å². The second-order valence-corrected chi connectivity index (χ2v) is 3.82. The number of aliphatic carboxylic acids is 1. The molecule has 1 unspecified atom stereocenters. The van der Waals surface area contributed by atoms with Crippen molar-refractivity contribution in [2.45, 2.75) is 13.2 Å². The van der Waals surface area contributed by atoms with Crippen LogP contribution < -0.4 is 4.90 Å². The van der Waals surface area contributed by atoms with Crippen molar-refractivity contribution in [1.29, 1.82) is 0 Å². The number of carboxylic acids is 1. The van der Waals surface area contributed by atoms with Crippen LogP contribution in [-0.2, 0) is 9.59 Å². The van der Waals surface area contributed by atoms with Gasteiger partial charge in [-0.05, 0) is 24.6 Å². The number of amides is 1. The molecule has 0 saturated carbocycles. The Morgan fingerprint density at radius 2 is 2.00 bits per heavy atom. The standard InChI is InChI=1S/C11H7F2NO4/c1-4-2-5-7(6(12)3-4)14(9(13)11(17)18)10(16)8(5)15/h2-3,9H,1H3,(H,17,18). The Balaban J connectivity index is 2.65. The molecule has 18 heavy (non-hydrogen) atoms. The summed E-state index contributed by atoms with van der Waals surface area (Å²) in [4.78, 5) is 33.5. The third-order valence-corrected chi connectivity index (χ3v) is 2.54. The first-order valence-electron chi connectivity index (χ1n) is 4.89. The fourth-order valence-electron chi connectivity index (χ4n) is 1.81. The van der Waals surface area contributed by atoms with E-state index < -0.39 is 35.5 Å². The van der Waals surface area contributed by atoms with Crippen LogP contribution in [0.3, 0.4) is 0 Å². The second-order valence-electron chi connectivity index (χ2n) is 3.82. The summed E-state index contributed by atoms with van der Waals surface area (Å²) in [6, 6.07) is 2.21. The van der Waals surface area contributed by atoms with Crippen molar-refractivity contribution < 1.29 is 28.3 Å². The number of fused-ring (bicyclic) bond motifs is 1. The highest BCUT2D eigenvalue weighted by atomic mass is 19.1. The molecule has 0 bridgehead atoms. The summed E-state index contributed by atoms with van der Waals surface area (Å²) in [5.41, 5.74) is -0.563. The van der Waals surface area contributed by atoms with E-state index in [4.69, 9.17) is 5.11 Å². The number of carboxylic acid groups (broad SMARTS) is 1. The molecule has 0 saturated heterocycles. The number of alkyl halides is 1. The molecule has 7 heteroatoms. The molecule has 1 aliphatic heterocycles. The summed E-state index contributed by atoms with van der Waals surface area (Å²) in [5.74, 6) is -5.47. The van der Waals surface area contributed by atoms with Gasteiger partial charge in [-0.1, -0.05) is 0 Å². The van der Waals surface area contributed by atoms with Crippen LogP contribution in [0.5, 0.6) is 0 Å². The van der Waals surface area contributed by atoms with Gasteiger partial charge in [-0.2, -0.15) is 0 Å². The van der Waals surface area contributed by atoms with Crippen LogP contribution in [0.2, 0.25) is 0 Å². The molecule has 94 valence electrons. The van der Waals surface area contributed by atoms with Crippen molar-refractivity contribution in [1.82, 2.24) is 0 Å². The SMILES string of the molecule is Cc1cc(F)c2c(c1)C(=O)C(=O)N2C(F)C(=O)O. The lowest BCUT2D eigenvalue weighted by atomic mass is 10.1. The minimum absolute atomic E-state index is 0.0226. The summed E-state index contributed by atoms with van der Waals surface area (Å²) in [6.07, 6.45) is -2.79. The third-order valence-electron chi connectivity index (χ3n) is 2.54. The Kier molecular flexibility index (Phi) is 2.61. The molecule has 0 aliphatic carbocycles. The number of ketones is 1. The number of rotatable bonds is 2. The van der Waals surface area contributed by atoms with Crippen molar-refractivity contribution in [3.8, 4) is 0 Å². The average Bonchev–Trinajstić information content (AvgIpc) is 2.52. The first-order valence-corrected chi connectivity index (χ1v) is 4.89. The van der Waals surface area contributed by atoms with Gasteiger partial charge in [0.25, 0.3) is 12.1 Å². The molecule has 0 fully saturated rings. The van der Waals surface area contributed by atoms with Gasteiger partial charge in [0.2, 0.25) is 0 Å². The largest absolute Gasteiger partial charge is 0.478 e. The van der Waals surface area contributed by atoms with Crippen LogP contribution >= 0.6 is 0 Å². The minimum atomic E-state index is -2.79. The minimum Gasteiger partial charge on any atom is -0.478 e. The maximum absolute atomic E-state index is 13.7.